The predicted octanol–water partition coefficient (Wildman–Crippen LogP) is 2.31. The van der Waals surface area contributed by atoms with Gasteiger partial charge in [-0.15, -0.1) is 0 Å². The zero-order valence-electron chi connectivity index (χ0n) is 11.1. The molecule has 1 aromatic rings. The molecule has 3 heteroatoms. The van der Waals surface area contributed by atoms with Gasteiger partial charge >= 0.3 is 0 Å². The first kappa shape index (κ1) is 14.0. The van der Waals surface area contributed by atoms with E-state index in [-0.39, 0.29) is 0 Å². The van der Waals surface area contributed by atoms with Gasteiger partial charge in [0.2, 0.25) is 0 Å². The lowest BCUT2D eigenvalue weighted by Crippen LogP contribution is -2.15. The van der Waals surface area contributed by atoms with Crippen LogP contribution in [0, 0.1) is 13.8 Å². The van der Waals surface area contributed by atoms with Gasteiger partial charge in [-0.05, 0) is 38.1 Å². The minimum Gasteiger partial charge on any atom is -0.493 e. The molecule has 1 rings (SSSR count). The Morgan fingerprint density at radius 2 is 1.94 bits per heavy atom. The smallest absolute Gasteiger partial charge is 0.122 e. The van der Waals surface area contributed by atoms with Crippen molar-refractivity contribution in [3.8, 4) is 5.75 Å². The lowest BCUT2D eigenvalue weighted by atomic mass is 10.1. The van der Waals surface area contributed by atoms with Crippen LogP contribution in [0.25, 0.3) is 0 Å². The number of benzene rings is 1. The van der Waals surface area contributed by atoms with Gasteiger partial charge in [0.25, 0.3) is 0 Å². The zero-order chi connectivity index (χ0) is 12.5. The second-order valence-corrected chi connectivity index (χ2v) is 4.19. The highest BCUT2D eigenvalue weighted by Gasteiger charge is 1.99. The van der Waals surface area contributed by atoms with E-state index in [1.807, 2.05) is 7.05 Å². The largest absolute Gasteiger partial charge is 0.493 e. The Morgan fingerprint density at radius 3 is 2.71 bits per heavy atom. The Bertz CT molecular complexity index is 326. The van der Waals surface area contributed by atoms with Crippen LogP contribution < -0.4 is 10.1 Å². The van der Waals surface area contributed by atoms with Crippen molar-refractivity contribution in [2.45, 2.75) is 20.3 Å². The van der Waals surface area contributed by atoms with E-state index in [1.54, 1.807) is 0 Å². The molecule has 0 atom stereocenters. The van der Waals surface area contributed by atoms with Gasteiger partial charge in [-0.3, -0.25) is 0 Å². The van der Waals surface area contributed by atoms with Crippen LogP contribution in [-0.4, -0.2) is 33.4 Å². The van der Waals surface area contributed by atoms with Crippen molar-refractivity contribution in [3.05, 3.63) is 29.3 Å². The summed E-state index contributed by atoms with van der Waals surface area (Å²) in [5.41, 5.74) is 2.42. The number of likely N-dealkylation sites (N-methyl/N-ethyl adjacent to an activating group) is 1. The molecule has 0 aromatic heterocycles. The Labute approximate surface area is 104 Å². The van der Waals surface area contributed by atoms with Gasteiger partial charge in [-0.1, -0.05) is 12.1 Å². The minimum atomic E-state index is 0.712. The van der Waals surface area contributed by atoms with Crippen LogP contribution in [0.2, 0.25) is 0 Å². The van der Waals surface area contributed by atoms with Gasteiger partial charge < -0.3 is 14.8 Å². The molecule has 0 unspecified atom stereocenters. The third-order valence-electron chi connectivity index (χ3n) is 2.53. The van der Waals surface area contributed by atoms with Crippen molar-refractivity contribution in [2.75, 3.05) is 33.4 Å². The highest BCUT2D eigenvalue weighted by Crippen LogP contribution is 2.19. The highest BCUT2D eigenvalue weighted by atomic mass is 16.5. The maximum Gasteiger partial charge on any atom is 0.122 e. The molecule has 0 saturated carbocycles. The zero-order valence-corrected chi connectivity index (χ0v) is 11.1. The fourth-order valence-electron chi connectivity index (χ4n) is 1.48. The standard InChI is InChI=1S/C14H23NO2/c1-12-5-6-13(2)14(11-12)17-9-4-8-16-10-7-15-3/h5-6,11,15H,4,7-10H2,1-3H3. The van der Waals surface area contributed by atoms with E-state index in [1.165, 1.54) is 11.1 Å². The first-order valence-electron chi connectivity index (χ1n) is 6.16. The molecule has 0 aliphatic heterocycles. The Morgan fingerprint density at radius 1 is 1.12 bits per heavy atom. The maximum atomic E-state index is 5.73. The first-order chi connectivity index (χ1) is 8.24. The van der Waals surface area contributed by atoms with Crippen LogP contribution >= 0.6 is 0 Å². The summed E-state index contributed by atoms with van der Waals surface area (Å²) in [6, 6.07) is 6.27. The molecule has 3 nitrogen and oxygen atoms in total. The average molecular weight is 237 g/mol. The van der Waals surface area contributed by atoms with E-state index in [2.05, 4.69) is 37.4 Å². The molecule has 0 amide bonds. The van der Waals surface area contributed by atoms with Gasteiger partial charge in [0.05, 0.1) is 13.2 Å². The van der Waals surface area contributed by atoms with Gasteiger partial charge in [0, 0.05) is 19.6 Å². The molecule has 1 aromatic carbocycles. The Balaban J connectivity index is 2.15. The fourth-order valence-corrected chi connectivity index (χ4v) is 1.48. The van der Waals surface area contributed by atoms with E-state index < -0.39 is 0 Å². The quantitative estimate of drug-likeness (QED) is 0.704. The molecule has 1 N–H and O–H groups in total. The number of nitrogens with one attached hydrogen (secondary N) is 1. The second-order valence-electron chi connectivity index (χ2n) is 4.19. The summed E-state index contributed by atoms with van der Waals surface area (Å²) in [5.74, 6) is 0.986. The molecular weight excluding hydrogens is 214 g/mol. The van der Waals surface area contributed by atoms with Crippen LogP contribution in [0.5, 0.6) is 5.75 Å². The van der Waals surface area contributed by atoms with Crippen LogP contribution in [0.15, 0.2) is 18.2 Å². The second kappa shape index (κ2) is 8.09. The monoisotopic (exact) mass is 237 g/mol. The summed E-state index contributed by atoms with van der Waals surface area (Å²) in [6.07, 6.45) is 0.928. The number of ether oxygens (including phenoxy) is 2. The van der Waals surface area contributed by atoms with Crippen LogP contribution in [-0.2, 0) is 4.74 Å². The molecule has 0 heterocycles. The molecule has 0 radical (unpaired) electrons. The number of aryl methyl sites for hydroxylation is 2. The Hall–Kier alpha value is -1.06. The molecule has 96 valence electrons. The van der Waals surface area contributed by atoms with E-state index in [0.29, 0.717) is 6.61 Å². The average Bonchev–Trinajstić information content (AvgIpc) is 2.32. The van der Waals surface area contributed by atoms with E-state index in [0.717, 1.165) is 31.9 Å². The van der Waals surface area contributed by atoms with Crippen LogP contribution in [0.3, 0.4) is 0 Å². The summed E-state index contributed by atoms with van der Waals surface area (Å²) < 4.78 is 11.2. The first-order valence-corrected chi connectivity index (χ1v) is 6.16. The molecule has 0 saturated heterocycles. The van der Waals surface area contributed by atoms with E-state index >= 15 is 0 Å². The summed E-state index contributed by atoms with van der Waals surface area (Å²) in [5, 5.41) is 3.04. The lowest BCUT2D eigenvalue weighted by molar-refractivity contribution is 0.122. The van der Waals surface area contributed by atoms with Crippen LogP contribution in [0.1, 0.15) is 17.5 Å². The maximum absolute atomic E-state index is 5.73. The summed E-state index contributed by atoms with van der Waals surface area (Å²) in [7, 11) is 1.92. The van der Waals surface area contributed by atoms with Crippen molar-refractivity contribution < 1.29 is 9.47 Å². The molecular formula is C14H23NO2. The van der Waals surface area contributed by atoms with E-state index in [4.69, 9.17) is 9.47 Å². The van der Waals surface area contributed by atoms with E-state index in [9.17, 15) is 0 Å². The van der Waals surface area contributed by atoms with Gasteiger partial charge in [-0.25, -0.2) is 0 Å². The summed E-state index contributed by atoms with van der Waals surface area (Å²) in [4.78, 5) is 0. The minimum absolute atomic E-state index is 0.712. The van der Waals surface area contributed by atoms with Gasteiger partial charge in [0.1, 0.15) is 5.75 Å². The predicted molar refractivity (Wildman–Crippen MR) is 70.8 cm³/mol. The van der Waals surface area contributed by atoms with Crippen molar-refractivity contribution in [1.82, 2.24) is 5.32 Å². The number of rotatable bonds is 8. The summed E-state index contributed by atoms with van der Waals surface area (Å²) in [6.45, 7) is 7.28. The van der Waals surface area contributed by atoms with Crippen molar-refractivity contribution in [2.24, 2.45) is 0 Å². The third kappa shape index (κ3) is 5.71. The molecule has 0 fully saturated rings. The molecule has 0 spiro atoms. The Kier molecular flexibility index (Phi) is 6.67. The number of hydrogen-bond donors (Lipinski definition) is 1. The number of hydrogen-bond acceptors (Lipinski definition) is 3. The topological polar surface area (TPSA) is 30.5 Å². The van der Waals surface area contributed by atoms with Crippen LogP contribution in [0.4, 0.5) is 0 Å². The highest BCUT2D eigenvalue weighted by molar-refractivity contribution is 5.35. The molecule has 0 aliphatic rings. The molecule has 17 heavy (non-hydrogen) atoms. The van der Waals surface area contributed by atoms with Crippen molar-refractivity contribution in [3.63, 3.8) is 0 Å². The molecule has 0 bridgehead atoms. The fraction of sp³-hybridized carbons (Fsp3) is 0.571. The normalized spacial score (nSPS) is 10.5. The van der Waals surface area contributed by atoms with Gasteiger partial charge in [-0.2, -0.15) is 0 Å². The van der Waals surface area contributed by atoms with Crippen molar-refractivity contribution in [1.29, 1.82) is 0 Å². The molecule has 0 aliphatic carbocycles. The van der Waals surface area contributed by atoms with Gasteiger partial charge in [0.15, 0.2) is 0 Å². The third-order valence-corrected chi connectivity index (χ3v) is 2.53. The summed E-state index contributed by atoms with van der Waals surface area (Å²) >= 11 is 0. The van der Waals surface area contributed by atoms with Crippen molar-refractivity contribution >= 4 is 0 Å². The lowest BCUT2D eigenvalue weighted by Gasteiger charge is -2.10. The SMILES string of the molecule is CNCCOCCCOc1cc(C)ccc1C.